The molecule has 0 aliphatic rings. The van der Waals surface area contributed by atoms with Gasteiger partial charge in [-0.25, -0.2) is 0 Å². The van der Waals surface area contributed by atoms with E-state index in [4.69, 9.17) is 0 Å². The van der Waals surface area contributed by atoms with Crippen molar-refractivity contribution >= 4 is 15.9 Å². The van der Waals surface area contributed by atoms with Crippen molar-refractivity contribution in [1.29, 1.82) is 0 Å². The Morgan fingerprint density at radius 1 is 1.17 bits per heavy atom. The van der Waals surface area contributed by atoms with E-state index in [9.17, 15) is 0 Å². The summed E-state index contributed by atoms with van der Waals surface area (Å²) in [5.74, 6) is 0.728. The van der Waals surface area contributed by atoms with Crippen LogP contribution >= 0.6 is 15.9 Å². The molecule has 0 saturated heterocycles. The van der Waals surface area contributed by atoms with Crippen LogP contribution in [0.5, 0.6) is 0 Å². The molecule has 1 rings (SSSR count). The van der Waals surface area contributed by atoms with Crippen LogP contribution in [0.3, 0.4) is 0 Å². The first-order valence-electron chi connectivity index (χ1n) is 6.74. The summed E-state index contributed by atoms with van der Waals surface area (Å²) in [6, 6.07) is 9.10. The maximum atomic E-state index is 3.49. The lowest BCUT2D eigenvalue weighted by Crippen LogP contribution is -2.21. The molecule has 0 radical (unpaired) electrons. The van der Waals surface area contributed by atoms with Gasteiger partial charge in [-0.1, -0.05) is 55.8 Å². The van der Waals surface area contributed by atoms with Crippen LogP contribution in [-0.4, -0.2) is 7.05 Å². The second kappa shape index (κ2) is 6.72. The van der Waals surface area contributed by atoms with Crippen LogP contribution in [0.4, 0.5) is 0 Å². The Kier molecular flexibility index (Phi) is 5.87. The SMILES string of the molecule is CNC(CC(C)CC(C)(C)C)c1ccc(Br)cc1. The van der Waals surface area contributed by atoms with Gasteiger partial charge in [-0.05, 0) is 48.9 Å². The normalized spacial score (nSPS) is 15.4. The molecule has 0 bridgehead atoms. The Bertz CT molecular complexity index is 350. The molecule has 0 heterocycles. The third-order valence-electron chi connectivity index (χ3n) is 3.22. The van der Waals surface area contributed by atoms with Crippen molar-refractivity contribution in [3.63, 3.8) is 0 Å². The highest BCUT2D eigenvalue weighted by Crippen LogP contribution is 2.30. The molecule has 1 N–H and O–H groups in total. The number of nitrogens with one attached hydrogen (secondary N) is 1. The summed E-state index contributed by atoms with van der Waals surface area (Å²) >= 11 is 3.49. The molecule has 1 aromatic carbocycles. The Morgan fingerprint density at radius 2 is 1.72 bits per heavy atom. The summed E-state index contributed by atoms with van der Waals surface area (Å²) in [6.07, 6.45) is 2.46. The minimum Gasteiger partial charge on any atom is -0.313 e. The second-order valence-electron chi connectivity index (χ2n) is 6.50. The minimum atomic E-state index is 0.414. The number of hydrogen-bond donors (Lipinski definition) is 1. The van der Waals surface area contributed by atoms with E-state index in [2.05, 4.69) is 80.3 Å². The van der Waals surface area contributed by atoms with Crippen molar-refractivity contribution in [1.82, 2.24) is 5.32 Å². The molecule has 18 heavy (non-hydrogen) atoms. The largest absolute Gasteiger partial charge is 0.313 e. The fraction of sp³-hybridized carbons (Fsp3) is 0.625. The van der Waals surface area contributed by atoms with E-state index in [1.807, 2.05) is 0 Å². The van der Waals surface area contributed by atoms with Crippen LogP contribution in [0.15, 0.2) is 28.7 Å². The van der Waals surface area contributed by atoms with Crippen LogP contribution in [0.25, 0.3) is 0 Å². The molecule has 1 nitrogen and oxygen atoms in total. The minimum absolute atomic E-state index is 0.414. The molecular weight excluding hydrogens is 286 g/mol. The van der Waals surface area contributed by atoms with Crippen molar-refractivity contribution in [2.45, 2.75) is 46.6 Å². The summed E-state index contributed by atoms with van der Waals surface area (Å²) in [4.78, 5) is 0. The van der Waals surface area contributed by atoms with E-state index in [0.717, 1.165) is 10.4 Å². The van der Waals surface area contributed by atoms with E-state index in [1.54, 1.807) is 0 Å². The van der Waals surface area contributed by atoms with Crippen LogP contribution in [0, 0.1) is 11.3 Å². The number of benzene rings is 1. The Morgan fingerprint density at radius 3 is 2.17 bits per heavy atom. The standard InChI is InChI=1S/C16H26BrN/c1-12(11-16(2,3)4)10-15(18-5)13-6-8-14(17)9-7-13/h6-9,12,15,18H,10-11H2,1-5H3. The average molecular weight is 312 g/mol. The van der Waals surface area contributed by atoms with Gasteiger partial charge in [0.25, 0.3) is 0 Å². The van der Waals surface area contributed by atoms with Crippen LogP contribution in [0.1, 0.15) is 52.1 Å². The third-order valence-corrected chi connectivity index (χ3v) is 3.75. The van der Waals surface area contributed by atoms with E-state index in [0.29, 0.717) is 11.5 Å². The Labute approximate surface area is 120 Å². The highest BCUT2D eigenvalue weighted by atomic mass is 79.9. The Balaban J connectivity index is 2.64. The zero-order chi connectivity index (χ0) is 13.8. The summed E-state index contributed by atoms with van der Waals surface area (Å²) in [7, 11) is 2.05. The fourth-order valence-corrected chi connectivity index (χ4v) is 2.91. The molecular formula is C16H26BrN. The number of rotatable bonds is 5. The van der Waals surface area contributed by atoms with Crippen molar-refractivity contribution < 1.29 is 0 Å². The first-order valence-corrected chi connectivity index (χ1v) is 7.54. The summed E-state index contributed by atoms with van der Waals surface area (Å²) < 4.78 is 1.14. The van der Waals surface area contributed by atoms with Gasteiger partial charge in [0, 0.05) is 10.5 Å². The van der Waals surface area contributed by atoms with E-state index in [-0.39, 0.29) is 0 Å². The van der Waals surface area contributed by atoms with Gasteiger partial charge in [-0.2, -0.15) is 0 Å². The first-order chi connectivity index (χ1) is 8.31. The zero-order valence-corrected chi connectivity index (χ0v) is 13.8. The summed E-state index contributed by atoms with van der Waals surface area (Å²) in [5.41, 5.74) is 1.79. The predicted molar refractivity (Wildman–Crippen MR) is 83.8 cm³/mol. The van der Waals surface area contributed by atoms with Gasteiger partial charge in [0.1, 0.15) is 0 Å². The molecule has 1 aromatic rings. The predicted octanol–water partition coefficient (Wildman–Crippen LogP) is 5.17. The smallest absolute Gasteiger partial charge is 0.0320 e. The fourth-order valence-electron chi connectivity index (χ4n) is 2.65. The van der Waals surface area contributed by atoms with Crippen molar-refractivity contribution in [2.24, 2.45) is 11.3 Å². The summed E-state index contributed by atoms with van der Waals surface area (Å²) in [6.45, 7) is 9.31. The molecule has 0 spiro atoms. The van der Waals surface area contributed by atoms with Gasteiger partial charge in [0.15, 0.2) is 0 Å². The molecule has 0 aliphatic carbocycles. The van der Waals surface area contributed by atoms with Crippen LogP contribution in [-0.2, 0) is 0 Å². The van der Waals surface area contributed by atoms with Gasteiger partial charge < -0.3 is 5.32 Å². The molecule has 0 aromatic heterocycles. The van der Waals surface area contributed by atoms with E-state index < -0.39 is 0 Å². The average Bonchev–Trinajstić information content (AvgIpc) is 2.25. The van der Waals surface area contributed by atoms with E-state index in [1.165, 1.54) is 18.4 Å². The number of halogens is 1. The van der Waals surface area contributed by atoms with Gasteiger partial charge in [-0.3, -0.25) is 0 Å². The van der Waals surface area contributed by atoms with Crippen molar-refractivity contribution in [3.8, 4) is 0 Å². The molecule has 0 saturated carbocycles. The van der Waals surface area contributed by atoms with E-state index >= 15 is 0 Å². The first kappa shape index (κ1) is 15.7. The highest BCUT2D eigenvalue weighted by molar-refractivity contribution is 9.10. The van der Waals surface area contributed by atoms with Crippen molar-refractivity contribution in [3.05, 3.63) is 34.3 Å². The van der Waals surface area contributed by atoms with Gasteiger partial charge in [-0.15, -0.1) is 0 Å². The van der Waals surface area contributed by atoms with Gasteiger partial charge in [0.05, 0.1) is 0 Å². The molecule has 102 valence electrons. The second-order valence-corrected chi connectivity index (χ2v) is 7.41. The van der Waals surface area contributed by atoms with Gasteiger partial charge >= 0.3 is 0 Å². The van der Waals surface area contributed by atoms with Crippen LogP contribution in [0.2, 0.25) is 0 Å². The molecule has 2 heteroatoms. The lowest BCUT2D eigenvalue weighted by molar-refractivity contribution is 0.279. The molecule has 2 unspecified atom stereocenters. The molecule has 0 aliphatic heterocycles. The molecule has 0 amide bonds. The lowest BCUT2D eigenvalue weighted by Gasteiger charge is -2.27. The topological polar surface area (TPSA) is 12.0 Å². The maximum Gasteiger partial charge on any atom is 0.0320 e. The molecule has 0 fully saturated rings. The quantitative estimate of drug-likeness (QED) is 0.790. The third kappa shape index (κ3) is 5.53. The van der Waals surface area contributed by atoms with Crippen molar-refractivity contribution in [2.75, 3.05) is 7.05 Å². The Hall–Kier alpha value is -0.340. The summed E-state index contributed by atoms with van der Waals surface area (Å²) in [5, 5.41) is 3.44. The molecule has 2 atom stereocenters. The number of hydrogen-bond acceptors (Lipinski definition) is 1. The lowest BCUT2D eigenvalue weighted by atomic mass is 9.82. The van der Waals surface area contributed by atoms with Gasteiger partial charge in [0.2, 0.25) is 0 Å². The maximum absolute atomic E-state index is 3.49. The van der Waals surface area contributed by atoms with Crippen LogP contribution < -0.4 is 5.32 Å². The monoisotopic (exact) mass is 311 g/mol. The zero-order valence-electron chi connectivity index (χ0n) is 12.3. The highest BCUT2D eigenvalue weighted by Gasteiger charge is 2.19.